The molecule has 0 aliphatic heterocycles. The van der Waals surface area contributed by atoms with Gasteiger partial charge in [-0.15, -0.1) is 0 Å². The summed E-state index contributed by atoms with van der Waals surface area (Å²) in [4.78, 5) is 42.0. The molecule has 0 unspecified atom stereocenters. The lowest BCUT2D eigenvalue weighted by molar-refractivity contribution is 1.03. The van der Waals surface area contributed by atoms with Gasteiger partial charge in [0.25, 0.3) is 0 Å². The molecular formula is C25H25N11O. The number of rotatable bonds is 0. The van der Waals surface area contributed by atoms with E-state index in [4.69, 9.17) is 0 Å². The lowest BCUT2D eigenvalue weighted by Gasteiger charge is -1.73. The Balaban J connectivity index is 0.000000222. The Morgan fingerprint density at radius 2 is 0.865 bits per heavy atom. The van der Waals surface area contributed by atoms with Crippen molar-refractivity contribution in [3.8, 4) is 0 Å². The first-order valence-electron chi connectivity index (χ1n) is 10.5. The Labute approximate surface area is 213 Å². The highest BCUT2D eigenvalue weighted by atomic mass is 16.1. The Morgan fingerprint density at radius 1 is 0.405 bits per heavy atom. The van der Waals surface area contributed by atoms with Crippen LogP contribution in [0.5, 0.6) is 0 Å². The number of nitrogens with one attached hydrogen (secondary N) is 1. The molecule has 0 saturated carbocycles. The van der Waals surface area contributed by atoms with Gasteiger partial charge in [0.15, 0.2) is 0 Å². The second-order valence-corrected chi connectivity index (χ2v) is 5.76. The van der Waals surface area contributed by atoms with Crippen LogP contribution in [-0.2, 0) is 0 Å². The number of hydrogen-bond acceptors (Lipinski definition) is 11. The van der Waals surface area contributed by atoms with Gasteiger partial charge in [0, 0.05) is 74.2 Å². The normalized spacial score (nSPS) is 8.11. The lowest BCUT2D eigenvalue weighted by atomic mass is 10.5. The molecule has 0 aromatic carbocycles. The fourth-order valence-electron chi connectivity index (χ4n) is 1.65. The van der Waals surface area contributed by atoms with Crippen molar-refractivity contribution < 1.29 is 0 Å². The zero-order valence-electron chi connectivity index (χ0n) is 19.7. The van der Waals surface area contributed by atoms with E-state index in [1.165, 1.54) is 31.4 Å². The molecule has 0 bridgehead atoms. The highest BCUT2D eigenvalue weighted by Crippen LogP contribution is 1.74. The van der Waals surface area contributed by atoms with Crippen LogP contribution in [0.3, 0.4) is 0 Å². The minimum Gasteiger partial charge on any atom is -0.329 e. The summed E-state index contributed by atoms with van der Waals surface area (Å²) in [5.74, 6) is 0. The van der Waals surface area contributed by atoms with Gasteiger partial charge in [-0.2, -0.15) is 10.2 Å². The molecule has 37 heavy (non-hydrogen) atoms. The number of pyridine rings is 2. The Bertz CT molecular complexity index is 903. The fourth-order valence-corrected chi connectivity index (χ4v) is 1.65. The van der Waals surface area contributed by atoms with Crippen molar-refractivity contribution in [3.05, 3.63) is 158 Å². The predicted molar refractivity (Wildman–Crippen MR) is 137 cm³/mol. The third-order valence-corrected chi connectivity index (χ3v) is 3.09. The largest absolute Gasteiger partial charge is 0.329 e. The standard InChI is InChI=1S/C5H5NO.C5H5N.3C4H4N2.C3H3N3/c7-5-3-1-2-4-6-5;1-2-4-6-5-3-1;1-2-6-4-3-5-1;1-2-5-4-6-3-1;1-2-4-6-5-3-1;1-4-2-6-3-5-1/h1-4H,(H,6,7);1-5H;3*1-4H;1-3H. The highest BCUT2D eigenvalue weighted by molar-refractivity contribution is 4.89. The van der Waals surface area contributed by atoms with E-state index in [1.54, 1.807) is 86.4 Å². The van der Waals surface area contributed by atoms with Crippen molar-refractivity contribution >= 4 is 0 Å². The predicted octanol–water partition coefficient (Wildman–Crippen LogP) is 2.76. The van der Waals surface area contributed by atoms with Crippen molar-refractivity contribution in [3.63, 3.8) is 0 Å². The van der Waals surface area contributed by atoms with Gasteiger partial charge in [0.05, 0.1) is 0 Å². The third-order valence-electron chi connectivity index (χ3n) is 3.09. The Hall–Kier alpha value is -5.65. The zero-order valence-corrected chi connectivity index (χ0v) is 19.7. The number of H-pyrrole nitrogens is 1. The number of hydrogen-bond donors (Lipinski definition) is 1. The van der Waals surface area contributed by atoms with Crippen LogP contribution >= 0.6 is 0 Å². The molecule has 0 spiro atoms. The van der Waals surface area contributed by atoms with Crippen molar-refractivity contribution in [1.82, 2.24) is 55.1 Å². The molecule has 12 heteroatoms. The van der Waals surface area contributed by atoms with Gasteiger partial charge in [0.2, 0.25) is 5.56 Å². The van der Waals surface area contributed by atoms with Crippen molar-refractivity contribution in [2.45, 2.75) is 0 Å². The first kappa shape index (κ1) is 29.4. The Morgan fingerprint density at radius 3 is 1.05 bits per heavy atom. The molecule has 6 heterocycles. The smallest absolute Gasteiger partial charge is 0.247 e. The topological polar surface area (TPSA) is 162 Å². The van der Waals surface area contributed by atoms with Crippen molar-refractivity contribution in [1.29, 1.82) is 0 Å². The molecule has 186 valence electrons. The van der Waals surface area contributed by atoms with Gasteiger partial charge in [0.1, 0.15) is 25.3 Å². The summed E-state index contributed by atoms with van der Waals surface area (Å²) < 4.78 is 0. The Kier molecular flexibility index (Phi) is 19.8. The van der Waals surface area contributed by atoms with Crippen LogP contribution in [0.4, 0.5) is 0 Å². The summed E-state index contributed by atoms with van der Waals surface area (Å²) in [6, 6.07) is 16.1. The molecule has 0 radical (unpaired) electrons. The monoisotopic (exact) mass is 495 g/mol. The van der Waals surface area contributed by atoms with E-state index in [2.05, 4.69) is 55.1 Å². The molecule has 0 aliphatic carbocycles. The molecule has 12 nitrogen and oxygen atoms in total. The number of nitrogens with zero attached hydrogens (tertiary/aromatic N) is 10. The van der Waals surface area contributed by atoms with E-state index < -0.39 is 0 Å². The first-order valence-corrected chi connectivity index (χ1v) is 10.5. The molecule has 6 aromatic heterocycles. The van der Waals surface area contributed by atoms with Gasteiger partial charge in [-0.1, -0.05) is 12.1 Å². The zero-order chi connectivity index (χ0) is 26.3. The molecule has 0 saturated heterocycles. The van der Waals surface area contributed by atoms with Crippen LogP contribution in [0.2, 0.25) is 0 Å². The molecule has 0 aliphatic rings. The molecular weight excluding hydrogens is 470 g/mol. The van der Waals surface area contributed by atoms with Crippen LogP contribution in [0, 0.1) is 0 Å². The average Bonchev–Trinajstić information content (AvgIpc) is 3.03. The second kappa shape index (κ2) is 25.0. The average molecular weight is 496 g/mol. The minimum absolute atomic E-state index is 0.0532. The quantitative estimate of drug-likeness (QED) is 0.330. The van der Waals surface area contributed by atoms with Gasteiger partial charge >= 0.3 is 0 Å². The van der Waals surface area contributed by atoms with Crippen LogP contribution in [0.25, 0.3) is 0 Å². The van der Waals surface area contributed by atoms with Crippen LogP contribution < -0.4 is 5.56 Å². The van der Waals surface area contributed by atoms with Gasteiger partial charge in [-0.25, -0.2) is 24.9 Å². The molecule has 6 rings (SSSR count). The van der Waals surface area contributed by atoms with E-state index in [9.17, 15) is 4.79 Å². The summed E-state index contributed by atoms with van der Waals surface area (Å²) in [7, 11) is 0. The maximum absolute atomic E-state index is 10.2. The van der Waals surface area contributed by atoms with E-state index in [0.717, 1.165) is 0 Å². The number of aromatic nitrogens is 11. The molecule has 6 aromatic rings. The van der Waals surface area contributed by atoms with Gasteiger partial charge < -0.3 is 4.98 Å². The van der Waals surface area contributed by atoms with Crippen LogP contribution in [0.15, 0.2) is 153 Å². The minimum atomic E-state index is -0.0532. The van der Waals surface area contributed by atoms with E-state index in [1.807, 2.05) is 30.3 Å². The summed E-state index contributed by atoms with van der Waals surface area (Å²) >= 11 is 0. The fraction of sp³-hybridized carbons (Fsp3) is 0. The number of aromatic amines is 1. The SMILES string of the molecule is O=c1cccc[nH]1.c1ccncc1.c1ccnnc1.c1cnccn1.c1cncnc1.c1ncncn1. The highest BCUT2D eigenvalue weighted by Gasteiger charge is 1.69. The van der Waals surface area contributed by atoms with E-state index in [-0.39, 0.29) is 5.56 Å². The van der Waals surface area contributed by atoms with E-state index >= 15 is 0 Å². The van der Waals surface area contributed by atoms with Crippen molar-refractivity contribution in [2.24, 2.45) is 0 Å². The molecule has 1 N–H and O–H groups in total. The molecule has 0 amide bonds. The van der Waals surface area contributed by atoms with Crippen molar-refractivity contribution in [2.75, 3.05) is 0 Å². The summed E-state index contributed by atoms with van der Waals surface area (Å²) in [5.41, 5.74) is -0.0532. The second-order valence-electron chi connectivity index (χ2n) is 5.76. The van der Waals surface area contributed by atoms with Crippen LogP contribution in [0.1, 0.15) is 0 Å². The first-order chi connectivity index (χ1) is 18.4. The maximum atomic E-state index is 10.2. The van der Waals surface area contributed by atoms with E-state index in [0.29, 0.717) is 0 Å². The van der Waals surface area contributed by atoms with Gasteiger partial charge in [-0.3, -0.25) is 19.7 Å². The third kappa shape index (κ3) is 23.3. The summed E-state index contributed by atoms with van der Waals surface area (Å²) in [6.07, 6.45) is 24.1. The molecule has 0 fully saturated rings. The summed E-state index contributed by atoms with van der Waals surface area (Å²) in [6.45, 7) is 0. The summed E-state index contributed by atoms with van der Waals surface area (Å²) in [5, 5.41) is 7.07. The lowest BCUT2D eigenvalue weighted by Crippen LogP contribution is -1.98. The van der Waals surface area contributed by atoms with Gasteiger partial charge in [-0.05, 0) is 36.4 Å². The molecule has 0 atom stereocenters. The van der Waals surface area contributed by atoms with Crippen LogP contribution in [-0.4, -0.2) is 55.1 Å². The maximum Gasteiger partial charge on any atom is 0.247 e.